The number of aromatic hydroxyl groups is 1. The second kappa shape index (κ2) is 5.53. The number of halogens is 1. The molecule has 0 saturated carbocycles. The number of non-ortho nitro benzene ring substituents is 1. The fraction of sp³-hybridized carbons (Fsp3) is 0.250. The lowest BCUT2D eigenvalue weighted by Gasteiger charge is -1.94. The maximum atomic E-state index is 10.1. The number of benzene rings is 1. The van der Waals surface area contributed by atoms with Crippen molar-refractivity contribution >= 4 is 21.6 Å². The van der Waals surface area contributed by atoms with E-state index in [0.717, 1.165) is 6.07 Å². The van der Waals surface area contributed by atoms with Crippen LogP contribution in [-0.2, 0) is 0 Å². The van der Waals surface area contributed by atoms with Crippen molar-refractivity contribution in [2.75, 3.05) is 0 Å². The molecular formula is C8H10BrNO3. The third-order valence-electron chi connectivity index (χ3n) is 1.14. The van der Waals surface area contributed by atoms with Crippen LogP contribution >= 0.6 is 15.9 Å². The van der Waals surface area contributed by atoms with Gasteiger partial charge in [0.05, 0.1) is 15.5 Å². The van der Waals surface area contributed by atoms with Gasteiger partial charge < -0.3 is 5.11 Å². The number of nitro benzene ring substituents is 1. The van der Waals surface area contributed by atoms with Gasteiger partial charge in [-0.1, -0.05) is 13.8 Å². The third-order valence-corrected chi connectivity index (χ3v) is 1.81. The smallest absolute Gasteiger partial charge is 0.273 e. The SMILES string of the molecule is CC.O=[N+]([O-])c1ccc(Br)c(O)c1. The summed E-state index contributed by atoms with van der Waals surface area (Å²) in [4.78, 5) is 9.58. The molecule has 13 heavy (non-hydrogen) atoms. The highest BCUT2D eigenvalue weighted by atomic mass is 79.9. The Balaban J connectivity index is 0.000000671. The molecule has 5 heteroatoms. The Labute approximate surface area is 84.5 Å². The summed E-state index contributed by atoms with van der Waals surface area (Å²) in [5.41, 5.74) is -0.120. The quantitative estimate of drug-likeness (QED) is 0.613. The molecule has 0 atom stereocenters. The molecule has 0 aliphatic carbocycles. The molecule has 0 aliphatic heterocycles. The van der Waals surface area contributed by atoms with Gasteiger partial charge in [0.2, 0.25) is 0 Å². The highest BCUT2D eigenvalue weighted by Gasteiger charge is 2.07. The number of hydrogen-bond acceptors (Lipinski definition) is 3. The molecule has 0 spiro atoms. The van der Waals surface area contributed by atoms with Crippen molar-refractivity contribution in [1.82, 2.24) is 0 Å². The van der Waals surface area contributed by atoms with Crippen LogP contribution in [0.1, 0.15) is 13.8 Å². The number of rotatable bonds is 1. The van der Waals surface area contributed by atoms with E-state index in [4.69, 9.17) is 5.11 Å². The summed E-state index contributed by atoms with van der Waals surface area (Å²) in [6.45, 7) is 4.00. The summed E-state index contributed by atoms with van der Waals surface area (Å²) in [7, 11) is 0. The standard InChI is InChI=1S/C6H4BrNO3.C2H6/c7-5-2-1-4(8(10)11)3-6(5)9;1-2/h1-3,9H;1-2H3. The minimum Gasteiger partial charge on any atom is -0.507 e. The molecule has 1 rings (SSSR count). The second-order valence-electron chi connectivity index (χ2n) is 1.89. The minimum absolute atomic E-state index is 0.120. The molecule has 0 saturated heterocycles. The number of phenols is 1. The lowest BCUT2D eigenvalue weighted by Crippen LogP contribution is -1.86. The van der Waals surface area contributed by atoms with Gasteiger partial charge in [-0.2, -0.15) is 0 Å². The largest absolute Gasteiger partial charge is 0.507 e. The van der Waals surface area contributed by atoms with Gasteiger partial charge in [0.1, 0.15) is 5.75 Å². The first-order valence-electron chi connectivity index (χ1n) is 3.74. The Morgan fingerprint density at radius 1 is 1.46 bits per heavy atom. The Morgan fingerprint density at radius 2 is 2.00 bits per heavy atom. The highest BCUT2D eigenvalue weighted by molar-refractivity contribution is 9.10. The molecule has 1 aromatic carbocycles. The van der Waals surface area contributed by atoms with Crippen molar-refractivity contribution < 1.29 is 10.0 Å². The lowest BCUT2D eigenvalue weighted by molar-refractivity contribution is -0.384. The fourth-order valence-corrected chi connectivity index (χ4v) is 0.861. The van der Waals surface area contributed by atoms with Crippen LogP contribution < -0.4 is 0 Å². The van der Waals surface area contributed by atoms with E-state index in [9.17, 15) is 10.1 Å². The normalized spacial score (nSPS) is 8.54. The van der Waals surface area contributed by atoms with E-state index in [1.165, 1.54) is 12.1 Å². The van der Waals surface area contributed by atoms with Crippen molar-refractivity contribution in [2.24, 2.45) is 0 Å². The van der Waals surface area contributed by atoms with Gasteiger partial charge in [-0.05, 0) is 22.0 Å². The van der Waals surface area contributed by atoms with E-state index in [2.05, 4.69) is 15.9 Å². The van der Waals surface area contributed by atoms with Crippen molar-refractivity contribution in [3.8, 4) is 5.75 Å². The summed E-state index contributed by atoms with van der Waals surface area (Å²) in [5.74, 6) is -0.126. The minimum atomic E-state index is -0.563. The molecule has 0 aromatic heterocycles. The molecule has 0 amide bonds. The number of phenolic OH excluding ortho intramolecular Hbond substituents is 1. The predicted molar refractivity (Wildman–Crippen MR) is 53.8 cm³/mol. The average molecular weight is 248 g/mol. The number of nitro groups is 1. The summed E-state index contributed by atoms with van der Waals surface area (Å²) in [6, 6.07) is 3.82. The fourth-order valence-electron chi connectivity index (χ4n) is 0.615. The number of nitrogens with zero attached hydrogens (tertiary/aromatic N) is 1. The average Bonchev–Trinajstić information content (AvgIpc) is 2.13. The van der Waals surface area contributed by atoms with Gasteiger partial charge in [0.25, 0.3) is 5.69 Å². The van der Waals surface area contributed by atoms with E-state index in [1.54, 1.807) is 0 Å². The van der Waals surface area contributed by atoms with Crippen molar-refractivity contribution in [1.29, 1.82) is 0 Å². The Morgan fingerprint density at radius 3 is 2.38 bits per heavy atom. The molecule has 1 N–H and O–H groups in total. The number of hydrogen-bond donors (Lipinski definition) is 1. The van der Waals surface area contributed by atoms with Crippen LogP contribution in [0.25, 0.3) is 0 Å². The summed E-state index contributed by atoms with van der Waals surface area (Å²) < 4.78 is 0.447. The van der Waals surface area contributed by atoms with E-state index in [1.807, 2.05) is 13.8 Å². The van der Waals surface area contributed by atoms with Gasteiger partial charge >= 0.3 is 0 Å². The van der Waals surface area contributed by atoms with Gasteiger partial charge in [-0.15, -0.1) is 0 Å². The zero-order valence-electron chi connectivity index (χ0n) is 7.32. The maximum Gasteiger partial charge on any atom is 0.273 e. The van der Waals surface area contributed by atoms with Crippen molar-refractivity contribution in [2.45, 2.75) is 13.8 Å². The van der Waals surface area contributed by atoms with Crippen LogP contribution in [-0.4, -0.2) is 10.0 Å². The molecule has 0 bridgehead atoms. The second-order valence-corrected chi connectivity index (χ2v) is 2.75. The van der Waals surface area contributed by atoms with E-state index < -0.39 is 4.92 Å². The van der Waals surface area contributed by atoms with Crippen LogP contribution in [0, 0.1) is 10.1 Å². The third kappa shape index (κ3) is 3.42. The lowest BCUT2D eigenvalue weighted by atomic mass is 10.3. The van der Waals surface area contributed by atoms with E-state index in [0.29, 0.717) is 4.47 Å². The molecule has 1 aromatic rings. The molecule has 0 fully saturated rings. The van der Waals surface area contributed by atoms with Gasteiger partial charge in [0.15, 0.2) is 0 Å². The molecule has 0 unspecified atom stereocenters. The highest BCUT2D eigenvalue weighted by Crippen LogP contribution is 2.27. The van der Waals surface area contributed by atoms with Crippen LogP contribution in [0.3, 0.4) is 0 Å². The molecule has 72 valence electrons. The van der Waals surface area contributed by atoms with Crippen LogP contribution in [0.15, 0.2) is 22.7 Å². The topological polar surface area (TPSA) is 63.4 Å². The maximum absolute atomic E-state index is 10.1. The van der Waals surface area contributed by atoms with Gasteiger partial charge in [-0.3, -0.25) is 10.1 Å². The summed E-state index contributed by atoms with van der Waals surface area (Å²) >= 11 is 3.01. The zero-order chi connectivity index (χ0) is 10.4. The molecule has 0 radical (unpaired) electrons. The van der Waals surface area contributed by atoms with Crippen LogP contribution in [0.5, 0.6) is 5.75 Å². The van der Waals surface area contributed by atoms with Gasteiger partial charge in [-0.25, -0.2) is 0 Å². The molecule has 0 heterocycles. The first kappa shape index (κ1) is 11.9. The molecule has 0 aliphatic rings. The summed E-state index contributed by atoms with van der Waals surface area (Å²) in [5, 5.41) is 19.1. The monoisotopic (exact) mass is 247 g/mol. The van der Waals surface area contributed by atoms with Crippen LogP contribution in [0.2, 0.25) is 0 Å². The van der Waals surface area contributed by atoms with Crippen LogP contribution in [0.4, 0.5) is 5.69 Å². The Hall–Kier alpha value is -1.10. The Bertz CT molecular complexity index is 301. The zero-order valence-corrected chi connectivity index (χ0v) is 8.91. The van der Waals surface area contributed by atoms with Gasteiger partial charge in [0, 0.05) is 6.07 Å². The predicted octanol–water partition coefficient (Wildman–Crippen LogP) is 3.09. The Kier molecular flexibility index (Phi) is 5.06. The van der Waals surface area contributed by atoms with Crippen molar-refractivity contribution in [3.05, 3.63) is 32.8 Å². The van der Waals surface area contributed by atoms with E-state index >= 15 is 0 Å². The summed E-state index contributed by atoms with van der Waals surface area (Å²) in [6.07, 6.45) is 0. The molecular weight excluding hydrogens is 238 g/mol. The molecule has 4 nitrogen and oxygen atoms in total. The first-order valence-corrected chi connectivity index (χ1v) is 4.53. The van der Waals surface area contributed by atoms with E-state index in [-0.39, 0.29) is 11.4 Å². The first-order chi connectivity index (χ1) is 6.11. The van der Waals surface area contributed by atoms with Crippen molar-refractivity contribution in [3.63, 3.8) is 0 Å².